The van der Waals surface area contributed by atoms with Crippen LogP contribution in [0.4, 0.5) is 5.69 Å². The van der Waals surface area contributed by atoms with E-state index in [1.165, 1.54) is 37.6 Å². The molecule has 26 heavy (non-hydrogen) atoms. The van der Waals surface area contributed by atoms with Crippen LogP contribution in [0.5, 0.6) is 11.5 Å². The Balaban J connectivity index is 2.13. The zero-order valence-electron chi connectivity index (χ0n) is 14.1. The van der Waals surface area contributed by atoms with Crippen LogP contribution in [0.2, 0.25) is 5.02 Å². The summed E-state index contributed by atoms with van der Waals surface area (Å²) in [6.07, 6.45) is 1.37. The summed E-state index contributed by atoms with van der Waals surface area (Å²) in [6.45, 7) is 2.26. The summed E-state index contributed by atoms with van der Waals surface area (Å²) in [4.78, 5) is 22.2. The van der Waals surface area contributed by atoms with Gasteiger partial charge < -0.3 is 9.47 Å². The summed E-state index contributed by atoms with van der Waals surface area (Å²) in [5.74, 6) is 0.286. The van der Waals surface area contributed by atoms with Crippen LogP contribution in [0, 0.1) is 10.1 Å². The Hall–Kier alpha value is -3.13. The lowest BCUT2D eigenvalue weighted by molar-refractivity contribution is -0.384. The van der Waals surface area contributed by atoms with Crippen molar-refractivity contribution in [1.29, 1.82) is 0 Å². The van der Waals surface area contributed by atoms with Crippen LogP contribution >= 0.6 is 11.6 Å². The molecule has 0 aliphatic heterocycles. The van der Waals surface area contributed by atoms with Gasteiger partial charge in [-0.3, -0.25) is 14.9 Å². The van der Waals surface area contributed by atoms with E-state index in [4.69, 9.17) is 21.1 Å². The molecular formula is C17H16ClN3O5. The van der Waals surface area contributed by atoms with Crippen LogP contribution in [0.25, 0.3) is 0 Å². The fraction of sp³-hybridized carbons (Fsp3) is 0.176. The molecule has 8 nitrogen and oxygen atoms in total. The maximum atomic E-state index is 12.0. The number of rotatable bonds is 7. The van der Waals surface area contributed by atoms with Crippen LogP contribution in [0.15, 0.2) is 41.5 Å². The van der Waals surface area contributed by atoms with Gasteiger partial charge in [0.25, 0.3) is 11.6 Å². The molecule has 2 aromatic carbocycles. The summed E-state index contributed by atoms with van der Waals surface area (Å²) in [6, 6.07) is 8.61. The Morgan fingerprint density at radius 3 is 2.81 bits per heavy atom. The molecule has 136 valence electrons. The first kappa shape index (κ1) is 19.2. The maximum absolute atomic E-state index is 12.0. The van der Waals surface area contributed by atoms with Crippen molar-refractivity contribution in [2.75, 3.05) is 13.7 Å². The van der Waals surface area contributed by atoms with E-state index < -0.39 is 10.8 Å². The van der Waals surface area contributed by atoms with Crippen LogP contribution in [-0.4, -0.2) is 30.8 Å². The van der Waals surface area contributed by atoms with Crippen LogP contribution in [-0.2, 0) is 0 Å². The second-order valence-corrected chi connectivity index (χ2v) is 5.38. The molecule has 0 saturated heterocycles. The summed E-state index contributed by atoms with van der Waals surface area (Å²) in [7, 11) is 1.49. The minimum atomic E-state index is -0.575. The lowest BCUT2D eigenvalue weighted by Gasteiger charge is -2.11. The lowest BCUT2D eigenvalue weighted by atomic mass is 10.2. The number of nitro benzene ring substituents is 1. The first-order chi connectivity index (χ1) is 12.5. The highest BCUT2D eigenvalue weighted by atomic mass is 35.5. The number of carbonyl (C=O) groups is 1. The van der Waals surface area contributed by atoms with E-state index in [2.05, 4.69) is 10.5 Å². The van der Waals surface area contributed by atoms with Gasteiger partial charge in [0.15, 0.2) is 11.5 Å². The molecule has 0 aromatic heterocycles. The van der Waals surface area contributed by atoms with E-state index in [1.54, 1.807) is 12.1 Å². The van der Waals surface area contributed by atoms with Gasteiger partial charge in [-0.2, -0.15) is 5.10 Å². The van der Waals surface area contributed by atoms with Crippen molar-refractivity contribution in [1.82, 2.24) is 5.43 Å². The highest BCUT2D eigenvalue weighted by Crippen LogP contribution is 2.35. The largest absolute Gasteiger partial charge is 0.493 e. The number of nitrogens with one attached hydrogen (secondary N) is 1. The lowest BCUT2D eigenvalue weighted by Crippen LogP contribution is -2.17. The molecular weight excluding hydrogens is 362 g/mol. The van der Waals surface area contributed by atoms with Gasteiger partial charge in [0.1, 0.15) is 0 Å². The Morgan fingerprint density at radius 1 is 1.38 bits per heavy atom. The summed E-state index contributed by atoms with van der Waals surface area (Å²) >= 11 is 6.16. The predicted octanol–water partition coefficient (Wildman–Crippen LogP) is 3.42. The molecule has 0 saturated carbocycles. The molecule has 0 heterocycles. The van der Waals surface area contributed by atoms with Crippen molar-refractivity contribution < 1.29 is 19.2 Å². The molecule has 2 rings (SSSR count). The molecule has 1 N–H and O–H groups in total. The van der Waals surface area contributed by atoms with Crippen molar-refractivity contribution in [2.45, 2.75) is 6.92 Å². The molecule has 0 aliphatic rings. The van der Waals surface area contributed by atoms with E-state index >= 15 is 0 Å². The van der Waals surface area contributed by atoms with Crippen molar-refractivity contribution in [3.63, 3.8) is 0 Å². The number of halogens is 1. The van der Waals surface area contributed by atoms with Crippen LogP contribution in [0.1, 0.15) is 22.8 Å². The molecule has 0 aliphatic carbocycles. The van der Waals surface area contributed by atoms with Crippen LogP contribution < -0.4 is 14.9 Å². The Kier molecular flexibility index (Phi) is 6.51. The quantitative estimate of drug-likeness (QED) is 0.452. The third kappa shape index (κ3) is 4.70. The van der Waals surface area contributed by atoms with E-state index in [0.29, 0.717) is 28.7 Å². The molecule has 1 amide bonds. The minimum absolute atomic E-state index is 0.124. The summed E-state index contributed by atoms with van der Waals surface area (Å²) in [5.41, 5.74) is 2.83. The first-order valence-corrected chi connectivity index (χ1v) is 7.92. The molecule has 0 fully saturated rings. The van der Waals surface area contributed by atoms with Gasteiger partial charge in [0, 0.05) is 17.7 Å². The van der Waals surface area contributed by atoms with Gasteiger partial charge in [-0.1, -0.05) is 17.7 Å². The van der Waals surface area contributed by atoms with E-state index in [1.807, 2.05) is 6.92 Å². The number of carbonyl (C=O) groups excluding carboxylic acids is 1. The molecule has 9 heteroatoms. The second-order valence-electron chi connectivity index (χ2n) is 4.97. The van der Waals surface area contributed by atoms with Gasteiger partial charge >= 0.3 is 0 Å². The van der Waals surface area contributed by atoms with Crippen LogP contribution in [0.3, 0.4) is 0 Å². The third-order valence-corrected chi connectivity index (χ3v) is 3.52. The minimum Gasteiger partial charge on any atom is -0.493 e. The average molecular weight is 378 g/mol. The van der Waals surface area contributed by atoms with Gasteiger partial charge in [0.2, 0.25) is 0 Å². The third-order valence-electron chi connectivity index (χ3n) is 3.24. The number of ether oxygens (including phenoxy) is 2. The van der Waals surface area contributed by atoms with Crippen molar-refractivity contribution in [3.8, 4) is 11.5 Å². The predicted molar refractivity (Wildman–Crippen MR) is 97.3 cm³/mol. The number of nitro groups is 1. The zero-order chi connectivity index (χ0) is 19.1. The zero-order valence-corrected chi connectivity index (χ0v) is 14.8. The Morgan fingerprint density at radius 2 is 2.15 bits per heavy atom. The molecule has 0 spiro atoms. The highest BCUT2D eigenvalue weighted by molar-refractivity contribution is 6.32. The van der Waals surface area contributed by atoms with Crippen molar-refractivity contribution in [3.05, 3.63) is 62.7 Å². The number of non-ortho nitro benzene ring substituents is 1. The summed E-state index contributed by atoms with van der Waals surface area (Å²) < 4.78 is 10.6. The second kappa shape index (κ2) is 8.82. The molecule has 0 radical (unpaired) electrons. The number of amides is 1. The van der Waals surface area contributed by atoms with Gasteiger partial charge in [-0.05, 0) is 30.7 Å². The number of nitrogens with zero attached hydrogens (tertiary/aromatic N) is 2. The van der Waals surface area contributed by atoms with Crippen molar-refractivity contribution >= 4 is 29.4 Å². The van der Waals surface area contributed by atoms with Crippen molar-refractivity contribution in [2.24, 2.45) is 5.10 Å². The standard InChI is InChI=1S/C17H16ClN3O5/c1-3-26-16-14(18)7-11(8-15(16)25-2)10-19-20-17(22)12-5-4-6-13(9-12)21(23)24/h4-10H,3H2,1-2H3,(H,20,22)/b19-10-. The number of hydrogen-bond donors (Lipinski definition) is 1. The average Bonchev–Trinajstić information content (AvgIpc) is 2.63. The maximum Gasteiger partial charge on any atom is 0.271 e. The normalized spacial score (nSPS) is 10.6. The molecule has 0 bridgehead atoms. The van der Waals surface area contributed by atoms with E-state index in [9.17, 15) is 14.9 Å². The van der Waals surface area contributed by atoms with Gasteiger partial charge in [-0.25, -0.2) is 5.43 Å². The smallest absolute Gasteiger partial charge is 0.271 e. The topological polar surface area (TPSA) is 103 Å². The van der Waals surface area contributed by atoms with E-state index in [0.717, 1.165) is 0 Å². The monoisotopic (exact) mass is 377 g/mol. The summed E-state index contributed by atoms with van der Waals surface area (Å²) in [5, 5.41) is 14.9. The first-order valence-electron chi connectivity index (χ1n) is 7.54. The Bertz CT molecular complexity index is 854. The number of hydrazone groups is 1. The number of methoxy groups -OCH3 is 1. The highest BCUT2D eigenvalue weighted by Gasteiger charge is 2.12. The number of hydrogen-bond acceptors (Lipinski definition) is 6. The fourth-order valence-electron chi connectivity index (χ4n) is 2.09. The van der Waals surface area contributed by atoms with Gasteiger partial charge in [-0.15, -0.1) is 0 Å². The Labute approximate surface area is 154 Å². The number of benzene rings is 2. The molecule has 2 aromatic rings. The molecule has 0 atom stereocenters. The SMILES string of the molecule is CCOc1c(Cl)cc(/C=N\NC(=O)c2cccc([N+](=O)[O-])c2)cc1OC. The molecule has 0 unspecified atom stereocenters. The fourth-order valence-corrected chi connectivity index (χ4v) is 2.36. The van der Waals surface area contributed by atoms with Gasteiger partial charge in [0.05, 0.1) is 29.9 Å². The van der Waals surface area contributed by atoms with E-state index in [-0.39, 0.29) is 11.3 Å².